The fourth-order valence-electron chi connectivity index (χ4n) is 0. The van der Waals surface area contributed by atoms with Crippen LogP contribution in [0.5, 0.6) is 0 Å². The molecule has 6 heteroatoms. The molecule has 0 heterocycles. The van der Waals surface area contributed by atoms with Gasteiger partial charge in [0.15, 0.2) is 0 Å². The average molecular weight is 286 g/mol. The van der Waals surface area contributed by atoms with Crippen molar-refractivity contribution < 1.29 is 86.7 Å². The second-order valence-corrected chi connectivity index (χ2v) is 0. The zero-order chi connectivity index (χ0) is 0. The Hall–Kier alpha value is 2.22. The summed E-state index contributed by atoms with van der Waals surface area (Å²) in [6.45, 7) is 0. The monoisotopic (exact) mass is 285 g/mol. The summed E-state index contributed by atoms with van der Waals surface area (Å²) in [5.74, 6) is 0. The first-order valence-corrected chi connectivity index (χ1v) is 0. The predicted molar refractivity (Wildman–Crippen MR) is 10.8 cm³/mol. The van der Waals surface area contributed by atoms with Crippen LogP contribution < -0.4 is 0 Å². The third-order valence-corrected chi connectivity index (χ3v) is 0. The molecule has 0 aliphatic heterocycles. The Kier molecular flexibility index (Phi) is 823. The van der Waals surface area contributed by atoms with E-state index in [-0.39, 0.29) is 86.7 Å². The molecule has 3 nitrogen and oxygen atoms in total. The molecule has 0 aromatic carbocycles. The molecule has 0 unspecified atom stereocenters. The van der Waals surface area contributed by atoms with Gasteiger partial charge in [0.2, 0.25) is 0 Å². The maximum atomic E-state index is 0. The van der Waals surface area contributed by atoms with Gasteiger partial charge in [-0.15, -0.1) is 0 Å². The molecule has 0 saturated heterocycles. The van der Waals surface area contributed by atoms with E-state index in [4.69, 9.17) is 0 Å². The molecule has 0 spiro atoms. The molecule has 0 rings (SSSR count). The number of rotatable bonds is 0. The molecular formula is H6NbO3TiZr. The summed E-state index contributed by atoms with van der Waals surface area (Å²) in [4.78, 5) is 0. The molecule has 0 saturated carbocycles. The Morgan fingerprint density at radius 2 is 0.667 bits per heavy atom. The van der Waals surface area contributed by atoms with Gasteiger partial charge in [-0.3, -0.25) is 0 Å². The summed E-state index contributed by atoms with van der Waals surface area (Å²) in [5.41, 5.74) is 0. The van der Waals surface area contributed by atoms with Crippen LogP contribution in [-0.2, 0) is 70.3 Å². The molecule has 0 aliphatic rings. The van der Waals surface area contributed by atoms with Crippen molar-refractivity contribution >= 4 is 0 Å². The first kappa shape index (κ1) is 87.0. The van der Waals surface area contributed by atoms with Crippen LogP contribution in [0.25, 0.3) is 0 Å². The summed E-state index contributed by atoms with van der Waals surface area (Å²) >= 11 is 0. The van der Waals surface area contributed by atoms with Gasteiger partial charge in [-0.25, -0.2) is 0 Å². The van der Waals surface area contributed by atoms with E-state index in [0.717, 1.165) is 0 Å². The summed E-state index contributed by atoms with van der Waals surface area (Å²) < 4.78 is 0. The van der Waals surface area contributed by atoms with Crippen molar-refractivity contribution in [2.24, 2.45) is 0 Å². The molecular weight excluding hydrogens is 280 g/mol. The van der Waals surface area contributed by atoms with Crippen molar-refractivity contribution in [1.29, 1.82) is 0 Å². The standard InChI is InChI=1S/Nb.3H2O.Ti.Zr/h;3*1H2;;. The summed E-state index contributed by atoms with van der Waals surface area (Å²) in [6.07, 6.45) is 0. The van der Waals surface area contributed by atoms with Crippen LogP contribution in [0.3, 0.4) is 0 Å². The third-order valence-electron chi connectivity index (χ3n) is 0. The first-order valence-electron chi connectivity index (χ1n) is 0. The van der Waals surface area contributed by atoms with Crippen molar-refractivity contribution in [2.45, 2.75) is 0 Å². The minimum atomic E-state index is 0. The predicted octanol–water partition coefficient (Wildman–Crippen LogP) is -2.48. The minimum absolute atomic E-state index is 0. The smallest absolute Gasteiger partial charge is 0 e. The number of hydrogen-bond donors (Lipinski definition) is 0. The van der Waals surface area contributed by atoms with E-state index in [1.165, 1.54) is 0 Å². The van der Waals surface area contributed by atoms with Gasteiger partial charge in [0.25, 0.3) is 0 Å². The van der Waals surface area contributed by atoms with E-state index < -0.39 is 0 Å². The van der Waals surface area contributed by atoms with E-state index in [9.17, 15) is 0 Å². The third kappa shape index (κ3) is 34.4. The van der Waals surface area contributed by atoms with E-state index >= 15 is 0 Å². The van der Waals surface area contributed by atoms with Gasteiger partial charge in [0.05, 0.1) is 0 Å². The van der Waals surface area contributed by atoms with Crippen LogP contribution in [0.15, 0.2) is 0 Å². The zero-order valence-corrected chi connectivity index (χ0v) is 9.17. The van der Waals surface area contributed by atoms with Gasteiger partial charge >= 0.3 is 0 Å². The molecule has 6 N–H and O–H groups in total. The van der Waals surface area contributed by atoms with Crippen LogP contribution >= 0.6 is 0 Å². The van der Waals surface area contributed by atoms with Crippen LogP contribution in [0.1, 0.15) is 0 Å². The summed E-state index contributed by atoms with van der Waals surface area (Å²) in [5, 5.41) is 0. The van der Waals surface area contributed by atoms with Gasteiger partial charge in [-0.2, -0.15) is 0 Å². The van der Waals surface area contributed by atoms with Crippen LogP contribution in [0, 0.1) is 0 Å². The Labute approximate surface area is 85.7 Å². The summed E-state index contributed by atoms with van der Waals surface area (Å²) in [6, 6.07) is 0. The Bertz CT molecular complexity index is 10.8. The minimum Gasteiger partial charge on any atom is -0.412 e. The van der Waals surface area contributed by atoms with Gasteiger partial charge in [0.1, 0.15) is 0 Å². The SMILES string of the molecule is O.O.O.[Nb].[Ti].[Zr]. The topological polar surface area (TPSA) is 94.5 Å². The molecule has 0 fully saturated rings. The van der Waals surface area contributed by atoms with E-state index in [1.54, 1.807) is 0 Å². The van der Waals surface area contributed by atoms with E-state index in [2.05, 4.69) is 0 Å². The fraction of sp³-hybridized carbons (Fsp3) is 0. The second kappa shape index (κ2) is 56.7. The molecule has 0 aromatic heterocycles. The zero-order valence-electron chi connectivity index (χ0n) is 2.95. The largest absolute Gasteiger partial charge is 0.412 e. The van der Waals surface area contributed by atoms with E-state index in [1.807, 2.05) is 0 Å². The van der Waals surface area contributed by atoms with Gasteiger partial charge in [-0.05, 0) is 0 Å². The Morgan fingerprint density at radius 1 is 0.667 bits per heavy atom. The van der Waals surface area contributed by atoms with Crippen LogP contribution in [0.2, 0.25) is 0 Å². The van der Waals surface area contributed by atoms with E-state index in [0.29, 0.717) is 0 Å². The molecule has 0 amide bonds. The van der Waals surface area contributed by atoms with Crippen molar-refractivity contribution in [3.63, 3.8) is 0 Å². The molecule has 6 heavy (non-hydrogen) atoms. The molecule has 37 valence electrons. The van der Waals surface area contributed by atoms with Gasteiger partial charge in [0, 0.05) is 70.3 Å². The maximum Gasteiger partial charge on any atom is 0 e. The normalized spacial score (nSPS) is 0. The van der Waals surface area contributed by atoms with Gasteiger partial charge in [-0.1, -0.05) is 0 Å². The first-order chi connectivity index (χ1) is 0. The quantitative estimate of drug-likeness (QED) is 0.441. The Morgan fingerprint density at radius 3 is 0.667 bits per heavy atom. The number of hydrogen-bond acceptors (Lipinski definition) is 0. The van der Waals surface area contributed by atoms with Gasteiger partial charge < -0.3 is 16.4 Å². The van der Waals surface area contributed by atoms with Crippen molar-refractivity contribution in [3.05, 3.63) is 0 Å². The molecule has 0 bridgehead atoms. The van der Waals surface area contributed by atoms with Crippen molar-refractivity contribution in [1.82, 2.24) is 0 Å². The molecule has 1 radical (unpaired) electrons. The maximum absolute atomic E-state index is 0. The second-order valence-electron chi connectivity index (χ2n) is 0. The molecule has 0 aliphatic carbocycles. The molecule has 0 atom stereocenters. The average Bonchev–Trinajstić information content (AvgIpc) is 0. The van der Waals surface area contributed by atoms with Crippen molar-refractivity contribution in [3.8, 4) is 0 Å². The Balaban J connectivity index is 0. The fourth-order valence-corrected chi connectivity index (χ4v) is 0. The summed E-state index contributed by atoms with van der Waals surface area (Å²) in [7, 11) is 0. The van der Waals surface area contributed by atoms with Crippen molar-refractivity contribution in [2.75, 3.05) is 0 Å². The van der Waals surface area contributed by atoms with Crippen LogP contribution in [-0.4, -0.2) is 16.4 Å². The van der Waals surface area contributed by atoms with Crippen LogP contribution in [0.4, 0.5) is 0 Å². The molecule has 0 aromatic rings.